The number of epoxide rings is 1. The van der Waals surface area contributed by atoms with Crippen LogP contribution in [0.2, 0.25) is 0 Å². The van der Waals surface area contributed by atoms with Crippen molar-refractivity contribution in [2.45, 2.75) is 62.3 Å². The Bertz CT molecular complexity index is 638. The molecule has 2 N–H and O–H groups in total. The summed E-state index contributed by atoms with van der Waals surface area (Å²) in [5.74, 6) is -2.51. The number of rotatable bonds is 1. The van der Waals surface area contributed by atoms with Crippen molar-refractivity contribution in [2.24, 2.45) is 17.3 Å². The molecule has 0 amide bonds. The highest BCUT2D eigenvalue weighted by molar-refractivity contribution is 5.91. The van der Waals surface area contributed by atoms with Crippen LogP contribution < -0.4 is 0 Å². The molecule has 8 atom stereocenters. The first-order valence-electron chi connectivity index (χ1n) is 7.63. The summed E-state index contributed by atoms with van der Waals surface area (Å²) in [6, 6.07) is 0. The van der Waals surface area contributed by atoms with Gasteiger partial charge in [-0.2, -0.15) is 0 Å². The van der Waals surface area contributed by atoms with Gasteiger partial charge in [-0.25, -0.2) is 4.79 Å². The molecule has 0 radical (unpaired) electrons. The highest BCUT2D eigenvalue weighted by Crippen LogP contribution is 2.77. The summed E-state index contributed by atoms with van der Waals surface area (Å²) in [6.07, 6.45) is -1.78. The molecule has 0 aromatic heterocycles. The average Bonchev–Trinajstić information content (AvgIpc) is 2.85. The lowest BCUT2D eigenvalue weighted by Gasteiger charge is -2.53. The molecule has 0 unspecified atom stereocenters. The Morgan fingerprint density at radius 3 is 2.59 bits per heavy atom. The number of ether oxygens (including phenoxy) is 3. The minimum Gasteiger partial charge on any atom is -0.458 e. The molecule has 0 aromatic carbocycles. The van der Waals surface area contributed by atoms with Gasteiger partial charge in [-0.1, -0.05) is 0 Å². The number of hydrogen-bond donors (Lipinski definition) is 2. The third kappa shape index (κ3) is 0.962. The third-order valence-corrected chi connectivity index (χ3v) is 6.85. The smallest absolute Gasteiger partial charge is 0.342 e. The zero-order valence-corrected chi connectivity index (χ0v) is 12.5. The van der Waals surface area contributed by atoms with Crippen LogP contribution in [-0.2, 0) is 23.8 Å². The van der Waals surface area contributed by atoms with Crippen molar-refractivity contribution in [1.29, 1.82) is 0 Å². The fourth-order valence-electron chi connectivity index (χ4n) is 5.83. The molecule has 3 heterocycles. The van der Waals surface area contributed by atoms with Crippen LogP contribution in [0.15, 0.2) is 0 Å². The minimum absolute atomic E-state index is 0.189. The Hall–Kier alpha value is -1.18. The van der Waals surface area contributed by atoms with E-state index < -0.39 is 64.3 Å². The van der Waals surface area contributed by atoms with Crippen LogP contribution in [0.5, 0.6) is 0 Å². The summed E-state index contributed by atoms with van der Waals surface area (Å²) in [5.41, 5.74) is -4.89. The van der Waals surface area contributed by atoms with E-state index in [0.717, 1.165) is 0 Å². The first kappa shape index (κ1) is 13.3. The van der Waals surface area contributed by atoms with Crippen LogP contribution in [0.4, 0.5) is 0 Å². The van der Waals surface area contributed by atoms with E-state index in [2.05, 4.69) is 0 Å². The van der Waals surface area contributed by atoms with Gasteiger partial charge in [-0.15, -0.1) is 0 Å². The molecule has 22 heavy (non-hydrogen) atoms. The molecular formula is C15H18O7. The van der Waals surface area contributed by atoms with Gasteiger partial charge >= 0.3 is 11.9 Å². The first-order valence-corrected chi connectivity index (χ1v) is 7.63. The Labute approximate surface area is 126 Å². The van der Waals surface area contributed by atoms with Gasteiger partial charge in [0.1, 0.15) is 12.2 Å². The van der Waals surface area contributed by atoms with E-state index in [9.17, 15) is 19.8 Å². The summed E-state index contributed by atoms with van der Waals surface area (Å²) in [7, 11) is 0. The van der Waals surface area contributed by atoms with E-state index in [4.69, 9.17) is 14.2 Å². The molecule has 2 saturated carbocycles. The molecule has 3 aliphatic heterocycles. The predicted molar refractivity (Wildman–Crippen MR) is 68.3 cm³/mol. The van der Waals surface area contributed by atoms with Crippen molar-refractivity contribution in [2.75, 3.05) is 0 Å². The second-order valence-corrected chi connectivity index (χ2v) is 8.06. The maximum atomic E-state index is 12.4. The molecule has 7 nitrogen and oxygen atoms in total. The van der Waals surface area contributed by atoms with Crippen LogP contribution >= 0.6 is 0 Å². The summed E-state index contributed by atoms with van der Waals surface area (Å²) < 4.78 is 16.5. The summed E-state index contributed by atoms with van der Waals surface area (Å²) in [5, 5.41) is 21.9. The monoisotopic (exact) mass is 310 g/mol. The predicted octanol–water partition coefficient (Wildman–Crippen LogP) is -0.867. The molecule has 3 saturated heterocycles. The first-order chi connectivity index (χ1) is 10.1. The van der Waals surface area contributed by atoms with Crippen LogP contribution in [0, 0.1) is 17.3 Å². The van der Waals surface area contributed by atoms with Crippen molar-refractivity contribution in [3.63, 3.8) is 0 Å². The van der Waals surface area contributed by atoms with E-state index in [0.29, 0.717) is 0 Å². The number of aliphatic hydroxyl groups is 2. The number of fused-ring (bicyclic) bond motifs is 4. The maximum Gasteiger partial charge on any atom is 0.342 e. The van der Waals surface area contributed by atoms with Gasteiger partial charge in [0.05, 0.1) is 22.5 Å². The van der Waals surface area contributed by atoms with Gasteiger partial charge in [-0.3, -0.25) is 4.79 Å². The molecule has 1 spiro atoms. The molecule has 5 aliphatic rings. The third-order valence-electron chi connectivity index (χ3n) is 6.85. The van der Waals surface area contributed by atoms with Gasteiger partial charge in [0.25, 0.3) is 0 Å². The summed E-state index contributed by atoms with van der Waals surface area (Å²) >= 11 is 0. The quantitative estimate of drug-likeness (QED) is 0.479. The fourth-order valence-corrected chi connectivity index (χ4v) is 5.83. The van der Waals surface area contributed by atoms with Crippen LogP contribution in [0.25, 0.3) is 0 Å². The van der Waals surface area contributed by atoms with Crippen LogP contribution in [-0.4, -0.2) is 57.3 Å². The molecule has 5 rings (SSSR count). The van der Waals surface area contributed by atoms with Crippen LogP contribution in [0.3, 0.4) is 0 Å². The van der Waals surface area contributed by atoms with Crippen molar-refractivity contribution >= 4 is 11.9 Å². The van der Waals surface area contributed by atoms with Crippen molar-refractivity contribution < 1.29 is 34.0 Å². The summed E-state index contributed by atoms with van der Waals surface area (Å²) in [6.45, 7) is 4.92. The maximum absolute atomic E-state index is 12.4. The summed E-state index contributed by atoms with van der Waals surface area (Å²) in [4.78, 5) is 24.8. The van der Waals surface area contributed by atoms with E-state index in [1.807, 2.05) is 0 Å². The van der Waals surface area contributed by atoms with Crippen molar-refractivity contribution in [3.05, 3.63) is 0 Å². The number of carbonyl (C=O) groups is 2. The Morgan fingerprint density at radius 1 is 1.27 bits per heavy atom. The highest BCUT2D eigenvalue weighted by atomic mass is 16.7. The van der Waals surface area contributed by atoms with Crippen molar-refractivity contribution in [3.8, 4) is 0 Å². The number of hydrogen-bond acceptors (Lipinski definition) is 7. The standard InChI is InChI=1S/C15H18O7/c1-12(2,18)6-7-10(16)20-8(6)9-13(3)14(7,19)4-5-15(13,22-5)11(17)21-9/h5-9,18-19H,4H2,1-3H3/t5-,6+,7-,8-,9-,13-,14-,15+/m1/s1. The van der Waals surface area contributed by atoms with E-state index in [1.54, 1.807) is 20.8 Å². The van der Waals surface area contributed by atoms with Gasteiger partial charge < -0.3 is 24.4 Å². The second-order valence-electron chi connectivity index (χ2n) is 8.06. The number of carbonyl (C=O) groups excluding carboxylic acids is 2. The van der Waals surface area contributed by atoms with Gasteiger partial charge in [0.2, 0.25) is 5.60 Å². The van der Waals surface area contributed by atoms with Gasteiger partial charge in [0.15, 0.2) is 6.10 Å². The molecule has 7 heteroatoms. The Morgan fingerprint density at radius 2 is 1.95 bits per heavy atom. The largest absolute Gasteiger partial charge is 0.458 e. The molecular weight excluding hydrogens is 292 g/mol. The zero-order valence-electron chi connectivity index (χ0n) is 12.5. The lowest BCUT2D eigenvalue weighted by molar-refractivity contribution is -0.223. The zero-order chi connectivity index (χ0) is 15.9. The topological polar surface area (TPSA) is 106 Å². The fraction of sp³-hybridized carbons (Fsp3) is 0.867. The van der Waals surface area contributed by atoms with E-state index >= 15 is 0 Å². The van der Waals surface area contributed by atoms with Gasteiger partial charge in [-0.05, 0) is 20.8 Å². The SMILES string of the molecule is CC(C)(O)[C@@H]1[C@H]2OC(=O)[C@@H]1[C@]1(O)C[C@H]3O[C@]34C(=O)O[C@H]2[C@]14C. The lowest BCUT2D eigenvalue weighted by Crippen LogP contribution is -2.68. The van der Waals surface area contributed by atoms with Crippen molar-refractivity contribution in [1.82, 2.24) is 0 Å². The second kappa shape index (κ2) is 3.07. The highest BCUT2D eigenvalue weighted by Gasteiger charge is 2.95. The molecule has 2 bridgehead atoms. The average molecular weight is 310 g/mol. The lowest BCUT2D eigenvalue weighted by atomic mass is 9.52. The van der Waals surface area contributed by atoms with Crippen LogP contribution in [0.1, 0.15) is 27.2 Å². The number of esters is 2. The molecule has 5 fully saturated rings. The Kier molecular flexibility index (Phi) is 1.85. The van der Waals surface area contributed by atoms with E-state index in [1.165, 1.54) is 0 Å². The minimum atomic E-state index is -1.47. The van der Waals surface area contributed by atoms with E-state index in [-0.39, 0.29) is 6.42 Å². The Balaban J connectivity index is 1.76. The molecule has 0 aromatic rings. The normalized spacial score (nSPS) is 60.7. The molecule has 2 aliphatic carbocycles. The van der Waals surface area contributed by atoms with Gasteiger partial charge in [0, 0.05) is 12.3 Å². The molecule has 120 valence electrons.